The van der Waals surface area contributed by atoms with E-state index >= 15 is 0 Å². The molecule has 0 unspecified atom stereocenters. The smallest absolute Gasteiger partial charge is 0.231 e. The third kappa shape index (κ3) is 4.62. The van der Waals surface area contributed by atoms with Crippen LogP contribution in [0, 0.1) is 17.1 Å². The number of nitriles is 1. The lowest BCUT2D eigenvalue weighted by Crippen LogP contribution is -2.49. The minimum atomic E-state index is -0.776. The van der Waals surface area contributed by atoms with Gasteiger partial charge in [0.1, 0.15) is 11.4 Å². The average molecular weight is 436 g/mol. The summed E-state index contributed by atoms with van der Waals surface area (Å²) in [6.45, 7) is 0. The summed E-state index contributed by atoms with van der Waals surface area (Å²) < 4.78 is 16.2. The van der Waals surface area contributed by atoms with Crippen molar-refractivity contribution in [2.75, 3.05) is 5.75 Å². The SMILES string of the molecule is N#CC1(NC(=O)CSc2nnc(-c3ccccc3F)n2-c2ccccc2)CCCCC1. The number of benzene rings is 2. The summed E-state index contributed by atoms with van der Waals surface area (Å²) in [6, 6.07) is 18.1. The Labute approximate surface area is 184 Å². The zero-order valence-electron chi connectivity index (χ0n) is 16.9. The molecule has 3 aromatic rings. The van der Waals surface area contributed by atoms with E-state index in [1.165, 1.54) is 17.8 Å². The van der Waals surface area contributed by atoms with Crippen molar-refractivity contribution in [3.05, 3.63) is 60.4 Å². The highest BCUT2D eigenvalue weighted by Gasteiger charge is 2.33. The van der Waals surface area contributed by atoms with Gasteiger partial charge in [-0.15, -0.1) is 10.2 Å². The van der Waals surface area contributed by atoms with E-state index in [4.69, 9.17) is 0 Å². The maximum Gasteiger partial charge on any atom is 0.231 e. The molecule has 0 saturated heterocycles. The fourth-order valence-electron chi connectivity index (χ4n) is 3.84. The van der Waals surface area contributed by atoms with Crippen LogP contribution in [-0.4, -0.2) is 32.0 Å². The minimum absolute atomic E-state index is 0.0890. The number of amides is 1. The van der Waals surface area contributed by atoms with Crippen molar-refractivity contribution in [1.82, 2.24) is 20.1 Å². The normalized spacial score (nSPS) is 15.2. The number of nitrogens with one attached hydrogen (secondary N) is 1. The van der Waals surface area contributed by atoms with Crippen molar-refractivity contribution >= 4 is 17.7 Å². The molecular formula is C23H22FN5OS. The number of nitrogens with zero attached hydrogens (tertiary/aromatic N) is 4. The second kappa shape index (κ2) is 9.31. The van der Waals surface area contributed by atoms with E-state index in [9.17, 15) is 14.4 Å². The summed E-state index contributed by atoms with van der Waals surface area (Å²) in [5.41, 5.74) is 0.330. The molecule has 0 spiro atoms. The van der Waals surface area contributed by atoms with Gasteiger partial charge in [-0.3, -0.25) is 9.36 Å². The topological polar surface area (TPSA) is 83.6 Å². The second-order valence-electron chi connectivity index (χ2n) is 7.55. The quantitative estimate of drug-likeness (QED) is 0.576. The van der Waals surface area contributed by atoms with Gasteiger partial charge in [0, 0.05) is 5.69 Å². The molecule has 2 aromatic carbocycles. The van der Waals surface area contributed by atoms with Gasteiger partial charge in [0.15, 0.2) is 11.0 Å². The van der Waals surface area contributed by atoms with Crippen LogP contribution < -0.4 is 5.32 Å². The highest BCUT2D eigenvalue weighted by molar-refractivity contribution is 7.99. The lowest BCUT2D eigenvalue weighted by molar-refractivity contribution is -0.120. The number of carbonyl (C=O) groups excluding carboxylic acids is 1. The molecule has 6 nitrogen and oxygen atoms in total. The van der Waals surface area contributed by atoms with E-state index < -0.39 is 11.4 Å². The second-order valence-corrected chi connectivity index (χ2v) is 8.49. The maximum absolute atomic E-state index is 14.5. The van der Waals surface area contributed by atoms with Gasteiger partial charge in [0.05, 0.1) is 17.4 Å². The van der Waals surface area contributed by atoms with Crippen molar-refractivity contribution < 1.29 is 9.18 Å². The molecule has 31 heavy (non-hydrogen) atoms. The van der Waals surface area contributed by atoms with E-state index in [2.05, 4.69) is 21.6 Å². The molecule has 1 fully saturated rings. The van der Waals surface area contributed by atoms with Crippen molar-refractivity contribution in [1.29, 1.82) is 5.26 Å². The summed E-state index contributed by atoms with van der Waals surface area (Å²) in [5, 5.41) is 21.4. The van der Waals surface area contributed by atoms with Crippen LogP contribution in [0.3, 0.4) is 0 Å². The summed E-state index contributed by atoms with van der Waals surface area (Å²) in [4.78, 5) is 12.6. The molecule has 1 saturated carbocycles. The van der Waals surface area contributed by atoms with Gasteiger partial charge in [-0.25, -0.2) is 4.39 Å². The first-order valence-electron chi connectivity index (χ1n) is 10.2. The molecule has 1 N–H and O–H groups in total. The molecule has 1 aliphatic rings. The van der Waals surface area contributed by atoms with E-state index in [-0.39, 0.29) is 11.7 Å². The van der Waals surface area contributed by atoms with Crippen LogP contribution in [-0.2, 0) is 4.79 Å². The standard InChI is InChI=1S/C23H22FN5OS/c24-19-12-6-5-11-18(19)21-27-28-22(29(21)17-9-3-1-4-10-17)31-15-20(30)26-23(16-25)13-7-2-8-14-23/h1,3-6,9-12H,2,7-8,13-15H2,(H,26,30). The lowest BCUT2D eigenvalue weighted by Gasteiger charge is -2.31. The van der Waals surface area contributed by atoms with Crippen molar-refractivity contribution in [2.24, 2.45) is 0 Å². The molecular weight excluding hydrogens is 413 g/mol. The maximum atomic E-state index is 14.5. The summed E-state index contributed by atoms with van der Waals surface area (Å²) in [7, 11) is 0. The van der Waals surface area contributed by atoms with Crippen LogP contribution in [0.5, 0.6) is 0 Å². The molecule has 0 aliphatic heterocycles. The third-order valence-electron chi connectivity index (χ3n) is 5.39. The van der Waals surface area contributed by atoms with E-state index in [1.54, 1.807) is 22.8 Å². The Morgan fingerprint density at radius 3 is 2.52 bits per heavy atom. The number of rotatable bonds is 6. The number of carbonyl (C=O) groups is 1. The van der Waals surface area contributed by atoms with Gasteiger partial charge in [-0.1, -0.05) is 61.4 Å². The average Bonchev–Trinajstić information content (AvgIpc) is 3.23. The Balaban J connectivity index is 1.58. The molecule has 4 rings (SSSR count). The molecule has 1 heterocycles. The molecule has 0 radical (unpaired) electrons. The Hall–Kier alpha value is -3.18. The Morgan fingerprint density at radius 1 is 1.10 bits per heavy atom. The Bertz CT molecular complexity index is 1100. The highest BCUT2D eigenvalue weighted by atomic mass is 32.2. The largest absolute Gasteiger partial charge is 0.337 e. The van der Waals surface area contributed by atoms with E-state index in [0.29, 0.717) is 29.4 Å². The van der Waals surface area contributed by atoms with Crippen LogP contribution in [0.1, 0.15) is 32.1 Å². The third-order valence-corrected chi connectivity index (χ3v) is 6.32. The number of aromatic nitrogens is 3. The van der Waals surface area contributed by atoms with Crippen LogP contribution in [0.25, 0.3) is 17.1 Å². The number of para-hydroxylation sites is 1. The van der Waals surface area contributed by atoms with Gasteiger partial charge >= 0.3 is 0 Å². The molecule has 0 atom stereocenters. The summed E-state index contributed by atoms with van der Waals surface area (Å²) in [6.07, 6.45) is 4.33. The number of thioether (sulfide) groups is 1. The molecule has 1 amide bonds. The van der Waals surface area contributed by atoms with Gasteiger partial charge in [-0.05, 0) is 37.1 Å². The Kier molecular flexibility index (Phi) is 6.33. The zero-order valence-corrected chi connectivity index (χ0v) is 17.7. The van der Waals surface area contributed by atoms with Crippen LogP contribution in [0.15, 0.2) is 59.8 Å². The highest BCUT2D eigenvalue weighted by Crippen LogP contribution is 2.30. The van der Waals surface area contributed by atoms with Crippen LogP contribution in [0.4, 0.5) is 4.39 Å². The predicted molar refractivity (Wildman–Crippen MR) is 117 cm³/mol. The lowest BCUT2D eigenvalue weighted by atomic mass is 9.83. The summed E-state index contributed by atoms with van der Waals surface area (Å²) >= 11 is 1.21. The zero-order chi connectivity index (χ0) is 21.7. The predicted octanol–water partition coefficient (Wildman–Crippen LogP) is 4.51. The Morgan fingerprint density at radius 2 is 1.81 bits per heavy atom. The van der Waals surface area contributed by atoms with Gasteiger partial charge in [0.25, 0.3) is 0 Å². The molecule has 0 bridgehead atoms. The molecule has 8 heteroatoms. The fourth-order valence-corrected chi connectivity index (χ4v) is 4.60. The minimum Gasteiger partial charge on any atom is -0.337 e. The summed E-state index contributed by atoms with van der Waals surface area (Å²) in [5.74, 6) is -0.155. The molecule has 158 valence electrons. The van der Waals surface area contributed by atoms with Crippen molar-refractivity contribution in [3.63, 3.8) is 0 Å². The first-order chi connectivity index (χ1) is 15.1. The first kappa shape index (κ1) is 21.1. The monoisotopic (exact) mass is 435 g/mol. The van der Waals surface area contributed by atoms with E-state index in [0.717, 1.165) is 24.9 Å². The number of halogens is 1. The van der Waals surface area contributed by atoms with Crippen LogP contribution >= 0.6 is 11.8 Å². The van der Waals surface area contributed by atoms with Crippen molar-refractivity contribution in [2.45, 2.75) is 42.8 Å². The van der Waals surface area contributed by atoms with Gasteiger partial charge in [-0.2, -0.15) is 5.26 Å². The molecule has 1 aromatic heterocycles. The van der Waals surface area contributed by atoms with Crippen LogP contribution in [0.2, 0.25) is 0 Å². The van der Waals surface area contributed by atoms with E-state index in [1.807, 2.05) is 30.3 Å². The molecule has 1 aliphatic carbocycles. The number of hydrogen-bond donors (Lipinski definition) is 1. The van der Waals surface area contributed by atoms with Gasteiger partial charge in [0.2, 0.25) is 5.91 Å². The van der Waals surface area contributed by atoms with Crippen molar-refractivity contribution in [3.8, 4) is 23.1 Å². The first-order valence-corrected chi connectivity index (χ1v) is 11.2. The number of hydrogen-bond acceptors (Lipinski definition) is 5. The fraction of sp³-hybridized carbons (Fsp3) is 0.304. The van der Waals surface area contributed by atoms with Gasteiger partial charge < -0.3 is 5.32 Å².